The summed E-state index contributed by atoms with van der Waals surface area (Å²) in [5.74, 6) is 0.764. The lowest BCUT2D eigenvalue weighted by molar-refractivity contribution is 0.410. The monoisotopic (exact) mass is 304 g/mol. The van der Waals surface area contributed by atoms with Gasteiger partial charge >= 0.3 is 0 Å². The SMILES string of the molecule is NC1CCC(Nc2nc(Cl)ncc2Br)CC1. The molecule has 4 nitrogen and oxygen atoms in total. The first kappa shape index (κ1) is 12.1. The standard InChI is InChI=1S/C10H14BrClN4/c11-8-5-14-10(12)16-9(8)15-7-3-1-6(13)2-4-7/h5-7H,1-4,13H2,(H,14,15,16). The molecule has 1 aliphatic carbocycles. The van der Waals surface area contributed by atoms with Crippen LogP contribution in [-0.4, -0.2) is 22.1 Å². The highest BCUT2D eigenvalue weighted by atomic mass is 79.9. The van der Waals surface area contributed by atoms with Crippen LogP contribution in [0.15, 0.2) is 10.7 Å². The minimum Gasteiger partial charge on any atom is -0.366 e. The van der Waals surface area contributed by atoms with E-state index in [-0.39, 0.29) is 5.28 Å². The molecule has 0 aromatic carbocycles. The minimum atomic E-state index is 0.262. The van der Waals surface area contributed by atoms with Crippen LogP contribution in [0.5, 0.6) is 0 Å². The molecule has 6 heteroatoms. The van der Waals surface area contributed by atoms with Crippen LogP contribution in [0, 0.1) is 0 Å². The molecule has 0 amide bonds. The van der Waals surface area contributed by atoms with E-state index in [2.05, 4.69) is 31.2 Å². The molecule has 0 atom stereocenters. The lowest BCUT2D eigenvalue weighted by atomic mass is 9.92. The fourth-order valence-electron chi connectivity index (χ4n) is 1.90. The van der Waals surface area contributed by atoms with Crippen LogP contribution in [0.25, 0.3) is 0 Å². The van der Waals surface area contributed by atoms with Crippen LogP contribution in [-0.2, 0) is 0 Å². The molecular weight excluding hydrogens is 291 g/mol. The van der Waals surface area contributed by atoms with Crippen LogP contribution < -0.4 is 11.1 Å². The van der Waals surface area contributed by atoms with Gasteiger partial charge in [0, 0.05) is 18.3 Å². The van der Waals surface area contributed by atoms with Gasteiger partial charge in [0.25, 0.3) is 0 Å². The van der Waals surface area contributed by atoms with Crippen LogP contribution in [0.1, 0.15) is 25.7 Å². The van der Waals surface area contributed by atoms with E-state index in [1.54, 1.807) is 6.20 Å². The zero-order chi connectivity index (χ0) is 11.5. The highest BCUT2D eigenvalue weighted by Gasteiger charge is 2.19. The number of nitrogens with two attached hydrogens (primary N) is 1. The summed E-state index contributed by atoms with van der Waals surface area (Å²) in [5.41, 5.74) is 5.86. The molecule has 0 aliphatic heterocycles. The van der Waals surface area contributed by atoms with Gasteiger partial charge in [0.2, 0.25) is 5.28 Å². The third-order valence-electron chi connectivity index (χ3n) is 2.83. The van der Waals surface area contributed by atoms with E-state index >= 15 is 0 Å². The Hall–Kier alpha value is -0.390. The summed E-state index contributed by atoms with van der Waals surface area (Å²) in [6, 6.07) is 0.789. The topological polar surface area (TPSA) is 63.8 Å². The van der Waals surface area contributed by atoms with Crippen molar-refractivity contribution in [2.75, 3.05) is 5.32 Å². The average Bonchev–Trinajstić information content (AvgIpc) is 2.27. The van der Waals surface area contributed by atoms with Crippen molar-refractivity contribution in [3.8, 4) is 0 Å². The second kappa shape index (κ2) is 5.29. The van der Waals surface area contributed by atoms with E-state index in [0.29, 0.717) is 12.1 Å². The fraction of sp³-hybridized carbons (Fsp3) is 0.600. The smallest absolute Gasteiger partial charge is 0.224 e. The van der Waals surface area contributed by atoms with Gasteiger partial charge in [-0.1, -0.05) is 0 Å². The molecule has 1 heterocycles. The van der Waals surface area contributed by atoms with E-state index in [9.17, 15) is 0 Å². The Morgan fingerprint density at radius 1 is 1.38 bits per heavy atom. The summed E-state index contributed by atoms with van der Waals surface area (Å²) in [6.07, 6.45) is 5.94. The second-order valence-electron chi connectivity index (χ2n) is 4.09. The molecule has 1 aromatic rings. The molecule has 0 radical (unpaired) electrons. The summed E-state index contributed by atoms with van der Waals surface area (Å²) in [7, 11) is 0. The Bertz CT molecular complexity index is 366. The molecular formula is C10H14BrClN4. The van der Waals surface area contributed by atoms with Crippen molar-refractivity contribution in [1.29, 1.82) is 0 Å². The molecule has 1 fully saturated rings. The van der Waals surface area contributed by atoms with Gasteiger partial charge in [-0.3, -0.25) is 0 Å². The van der Waals surface area contributed by atoms with Crippen LogP contribution in [0.4, 0.5) is 5.82 Å². The Labute approximate surface area is 108 Å². The second-order valence-corrected chi connectivity index (χ2v) is 5.28. The summed E-state index contributed by atoms with van der Waals surface area (Å²) in [5, 5.41) is 3.63. The molecule has 1 saturated carbocycles. The number of hydrogen-bond acceptors (Lipinski definition) is 4. The molecule has 1 aromatic heterocycles. The van der Waals surface area contributed by atoms with Gasteiger partial charge in [-0.15, -0.1) is 0 Å². The first-order chi connectivity index (χ1) is 7.65. The largest absolute Gasteiger partial charge is 0.366 e. The van der Waals surface area contributed by atoms with Crippen molar-refractivity contribution >= 4 is 33.3 Å². The van der Waals surface area contributed by atoms with E-state index in [0.717, 1.165) is 36.0 Å². The van der Waals surface area contributed by atoms with Crippen LogP contribution >= 0.6 is 27.5 Å². The molecule has 0 spiro atoms. The number of rotatable bonds is 2. The van der Waals surface area contributed by atoms with Gasteiger partial charge in [-0.2, -0.15) is 4.98 Å². The minimum absolute atomic E-state index is 0.262. The number of hydrogen-bond donors (Lipinski definition) is 2. The van der Waals surface area contributed by atoms with Crippen LogP contribution in [0.2, 0.25) is 5.28 Å². The Kier molecular flexibility index (Phi) is 4.00. The number of anilines is 1. The third-order valence-corrected chi connectivity index (χ3v) is 3.59. The number of nitrogens with one attached hydrogen (secondary N) is 1. The van der Waals surface area contributed by atoms with Crippen LogP contribution in [0.3, 0.4) is 0 Å². The number of halogens is 2. The van der Waals surface area contributed by atoms with E-state index in [1.807, 2.05) is 0 Å². The first-order valence-corrected chi connectivity index (χ1v) is 6.52. The average molecular weight is 306 g/mol. The fourth-order valence-corrected chi connectivity index (χ4v) is 2.34. The quantitative estimate of drug-likeness (QED) is 0.824. The summed E-state index contributed by atoms with van der Waals surface area (Å²) >= 11 is 9.15. The molecule has 0 saturated heterocycles. The molecule has 3 N–H and O–H groups in total. The van der Waals surface area contributed by atoms with Crippen molar-refractivity contribution < 1.29 is 0 Å². The van der Waals surface area contributed by atoms with Crippen molar-refractivity contribution in [3.05, 3.63) is 16.0 Å². The normalized spacial score (nSPS) is 25.4. The molecule has 88 valence electrons. The predicted molar refractivity (Wildman–Crippen MR) is 68.6 cm³/mol. The highest BCUT2D eigenvalue weighted by Crippen LogP contribution is 2.25. The van der Waals surface area contributed by atoms with E-state index < -0.39 is 0 Å². The zero-order valence-corrected chi connectivity index (χ0v) is 11.1. The maximum atomic E-state index is 5.86. The summed E-state index contributed by atoms with van der Waals surface area (Å²) in [4.78, 5) is 8.04. The van der Waals surface area contributed by atoms with Crippen molar-refractivity contribution in [3.63, 3.8) is 0 Å². The molecule has 0 bridgehead atoms. The number of aromatic nitrogens is 2. The Balaban J connectivity index is 2.00. The van der Waals surface area contributed by atoms with E-state index in [1.165, 1.54) is 0 Å². The third kappa shape index (κ3) is 3.06. The lowest BCUT2D eigenvalue weighted by Crippen LogP contribution is -2.33. The van der Waals surface area contributed by atoms with Crippen molar-refractivity contribution in [2.24, 2.45) is 5.73 Å². The van der Waals surface area contributed by atoms with Gasteiger partial charge in [-0.25, -0.2) is 4.98 Å². The molecule has 1 aliphatic rings. The Morgan fingerprint density at radius 3 is 2.75 bits per heavy atom. The summed E-state index contributed by atoms with van der Waals surface area (Å²) in [6.45, 7) is 0. The summed E-state index contributed by atoms with van der Waals surface area (Å²) < 4.78 is 0.840. The van der Waals surface area contributed by atoms with Gasteiger partial charge in [0.15, 0.2) is 0 Å². The van der Waals surface area contributed by atoms with Gasteiger partial charge in [0.1, 0.15) is 5.82 Å². The van der Waals surface area contributed by atoms with Gasteiger partial charge in [0.05, 0.1) is 4.47 Å². The molecule has 0 unspecified atom stereocenters. The van der Waals surface area contributed by atoms with Crippen molar-refractivity contribution in [2.45, 2.75) is 37.8 Å². The Morgan fingerprint density at radius 2 is 2.06 bits per heavy atom. The number of nitrogens with zero attached hydrogens (tertiary/aromatic N) is 2. The van der Waals surface area contributed by atoms with E-state index in [4.69, 9.17) is 17.3 Å². The van der Waals surface area contributed by atoms with Crippen molar-refractivity contribution in [1.82, 2.24) is 9.97 Å². The highest BCUT2D eigenvalue weighted by molar-refractivity contribution is 9.10. The lowest BCUT2D eigenvalue weighted by Gasteiger charge is -2.27. The zero-order valence-electron chi connectivity index (χ0n) is 8.79. The molecule has 2 rings (SSSR count). The van der Waals surface area contributed by atoms with Gasteiger partial charge in [-0.05, 0) is 53.2 Å². The maximum Gasteiger partial charge on any atom is 0.224 e. The van der Waals surface area contributed by atoms with Gasteiger partial charge < -0.3 is 11.1 Å². The molecule has 16 heavy (non-hydrogen) atoms. The first-order valence-electron chi connectivity index (χ1n) is 5.35. The maximum absolute atomic E-state index is 5.86. The predicted octanol–water partition coefficient (Wildman–Crippen LogP) is 2.57.